The third-order valence-electron chi connectivity index (χ3n) is 2.99. The molecule has 2 heterocycles. The fraction of sp³-hybridized carbons (Fsp3) is 0.667. The van der Waals surface area contributed by atoms with E-state index in [1.807, 2.05) is 0 Å². The number of ether oxygens (including phenoxy) is 1. The van der Waals surface area contributed by atoms with E-state index in [0.717, 1.165) is 43.0 Å². The molecule has 1 aromatic rings. The van der Waals surface area contributed by atoms with Crippen LogP contribution >= 0.6 is 0 Å². The van der Waals surface area contributed by atoms with Crippen LogP contribution in [-0.2, 0) is 17.6 Å². The summed E-state index contributed by atoms with van der Waals surface area (Å²) in [5.41, 5.74) is 2.26. The Kier molecular flexibility index (Phi) is 4.86. The number of anilines is 1. The van der Waals surface area contributed by atoms with Crippen molar-refractivity contribution in [3.63, 3.8) is 0 Å². The van der Waals surface area contributed by atoms with Gasteiger partial charge in [0, 0.05) is 32.2 Å². The van der Waals surface area contributed by atoms with Crippen molar-refractivity contribution in [1.29, 1.82) is 0 Å². The molecule has 0 spiro atoms. The van der Waals surface area contributed by atoms with Crippen molar-refractivity contribution in [2.75, 3.05) is 38.7 Å². The highest BCUT2D eigenvalue weighted by Crippen LogP contribution is 2.17. The number of hydrogen-bond donors (Lipinski definition) is 3. The van der Waals surface area contributed by atoms with Gasteiger partial charge in [-0.1, -0.05) is 0 Å². The van der Waals surface area contributed by atoms with Gasteiger partial charge in [0.05, 0.1) is 18.4 Å². The van der Waals surface area contributed by atoms with Crippen molar-refractivity contribution in [1.82, 2.24) is 15.3 Å². The van der Waals surface area contributed by atoms with Gasteiger partial charge in [-0.15, -0.1) is 0 Å². The maximum absolute atomic E-state index is 9.63. The van der Waals surface area contributed by atoms with E-state index < -0.39 is 6.10 Å². The van der Waals surface area contributed by atoms with Crippen LogP contribution in [0.3, 0.4) is 0 Å². The molecule has 1 aliphatic rings. The van der Waals surface area contributed by atoms with Gasteiger partial charge in [-0.2, -0.15) is 0 Å². The lowest BCUT2D eigenvalue weighted by molar-refractivity contribution is 0.0727. The number of aliphatic hydroxyl groups is 1. The molecule has 0 unspecified atom stereocenters. The third-order valence-corrected chi connectivity index (χ3v) is 2.99. The van der Waals surface area contributed by atoms with E-state index in [4.69, 9.17) is 4.74 Å². The van der Waals surface area contributed by atoms with Crippen LogP contribution in [0.25, 0.3) is 0 Å². The summed E-state index contributed by atoms with van der Waals surface area (Å²) in [6.45, 7) is 2.65. The fourth-order valence-electron chi connectivity index (χ4n) is 2.09. The van der Waals surface area contributed by atoms with Crippen LogP contribution < -0.4 is 10.6 Å². The van der Waals surface area contributed by atoms with E-state index in [-0.39, 0.29) is 0 Å². The molecule has 0 radical (unpaired) electrons. The molecule has 100 valence electrons. The number of nitrogens with zero attached hydrogens (tertiary/aromatic N) is 2. The van der Waals surface area contributed by atoms with Crippen LogP contribution in [-0.4, -0.2) is 54.5 Å². The van der Waals surface area contributed by atoms with Crippen LogP contribution in [0.5, 0.6) is 0 Å². The van der Waals surface area contributed by atoms with Gasteiger partial charge in [-0.25, -0.2) is 9.97 Å². The number of nitrogens with one attached hydrogen (secondary N) is 2. The van der Waals surface area contributed by atoms with E-state index in [1.165, 1.54) is 0 Å². The third kappa shape index (κ3) is 3.38. The molecule has 0 saturated carbocycles. The maximum atomic E-state index is 9.63. The predicted molar refractivity (Wildman–Crippen MR) is 68.7 cm³/mol. The summed E-state index contributed by atoms with van der Waals surface area (Å²) in [4.78, 5) is 8.59. The van der Waals surface area contributed by atoms with Gasteiger partial charge in [-0.3, -0.25) is 0 Å². The number of methoxy groups -OCH3 is 1. The van der Waals surface area contributed by atoms with Crippen molar-refractivity contribution in [3.05, 3.63) is 17.6 Å². The normalized spacial score (nSPS) is 16.8. The average molecular weight is 252 g/mol. The molecule has 1 aliphatic heterocycles. The second-order valence-corrected chi connectivity index (χ2v) is 4.39. The van der Waals surface area contributed by atoms with E-state index in [0.29, 0.717) is 13.2 Å². The summed E-state index contributed by atoms with van der Waals surface area (Å²) < 4.78 is 4.89. The summed E-state index contributed by atoms with van der Waals surface area (Å²) in [6.07, 6.45) is 2.89. The van der Waals surface area contributed by atoms with E-state index >= 15 is 0 Å². The predicted octanol–water partition coefficient (Wildman–Crippen LogP) is -0.416. The van der Waals surface area contributed by atoms with Crippen molar-refractivity contribution < 1.29 is 9.84 Å². The topological polar surface area (TPSA) is 79.3 Å². The SMILES string of the molecule is COC[C@@H](O)CNc1ncnc2c1CCNCC2. The minimum atomic E-state index is -0.524. The lowest BCUT2D eigenvalue weighted by atomic mass is 10.1. The molecule has 0 saturated heterocycles. The van der Waals surface area contributed by atoms with Crippen molar-refractivity contribution in [3.8, 4) is 0 Å². The Balaban J connectivity index is 2.04. The molecule has 6 nitrogen and oxygen atoms in total. The second kappa shape index (κ2) is 6.63. The van der Waals surface area contributed by atoms with Crippen LogP contribution in [0.1, 0.15) is 11.3 Å². The van der Waals surface area contributed by atoms with Crippen LogP contribution in [0.15, 0.2) is 6.33 Å². The summed E-state index contributed by atoms with van der Waals surface area (Å²) in [7, 11) is 1.58. The minimum Gasteiger partial charge on any atom is -0.389 e. The van der Waals surface area contributed by atoms with Crippen LogP contribution in [0.2, 0.25) is 0 Å². The summed E-state index contributed by atoms with van der Waals surface area (Å²) in [5.74, 6) is 0.832. The van der Waals surface area contributed by atoms with Gasteiger partial charge in [0.1, 0.15) is 12.1 Å². The van der Waals surface area contributed by atoms with E-state index in [9.17, 15) is 5.11 Å². The summed E-state index contributed by atoms with van der Waals surface area (Å²) in [5, 5.41) is 16.1. The number of aromatic nitrogens is 2. The molecule has 2 rings (SSSR count). The first kappa shape index (κ1) is 13.2. The molecular formula is C12H20N4O2. The van der Waals surface area contributed by atoms with Gasteiger partial charge < -0.3 is 20.5 Å². The van der Waals surface area contributed by atoms with Gasteiger partial charge in [0.15, 0.2) is 0 Å². The standard InChI is InChI=1S/C12H20N4O2/c1-18-7-9(17)6-14-12-10-2-4-13-5-3-11(10)15-8-16-12/h8-9,13,17H,2-7H2,1H3,(H,14,15,16)/t9-/m0/s1. The van der Waals surface area contributed by atoms with Gasteiger partial charge in [-0.05, 0) is 13.0 Å². The molecule has 18 heavy (non-hydrogen) atoms. The number of aliphatic hydroxyl groups excluding tert-OH is 1. The molecule has 6 heteroatoms. The lowest BCUT2D eigenvalue weighted by Gasteiger charge is -2.14. The first-order valence-corrected chi connectivity index (χ1v) is 6.25. The van der Waals surface area contributed by atoms with Crippen molar-refractivity contribution in [2.24, 2.45) is 0 Å². The van der Waals surface area contributed by atoms with Gasteiger partial charge >= 0.3 is 0 Å². The largest absolute Gasteiger partial charge is 0.389 e. The summed E-state index contributed by atoms with van der Waals surface area (Å²) in [6, 6.07) is 0. The maximum Gasteiger partial charge on any atom is 0.132 e. The molecule has 1 atom stereocenters. The van der Waals surface area contributed by atoms with Crippen LogP contribution in [0.4, 0.5) is 5.82 Å². The van der Waals surface area contributed by atoms with Gasteiger partial charge in [0.25, 0.3) is 0 Å². The first-order chi connectivity index (χ1) is 8.81. The molecule has 0 bridgehead atoms. The van der Waals surface area contributed by atoms with Crippen molar-refractivity contribution >= 4 is 5.82 Å². The lowest BCUT2D eigenvalue weighted by Crippen LogP contribution is -2.25. The number of fused-ring (bicyclic) bond motifs is 1. The molecule has 0 aliphatic carbocycles. The summed E-state index contributed by atoms with van der Waals surface area (Å²) >= 11 is 0. The Morgan fingerprint density at radius 2 is 2.28 bits per heavy atom. The Labute approximate surface area is 107 Å². The Morgan fingerprint density at radius 1 is 1.44 bits per heavy atom. The van der Waals surface area contributed by atoms with E-state index in [1.54, 1.807) is 13.4 Å². The number of rotatable bonds is 5. The Morgan fingerprint density at radius 3 is 3.11 bits per heavy atom. The smallest absolute Gasteiger partial charge is 0.132 e. The van der Waals surface area contributed by atoms with E-state index in [2.05, 4.69) is 20.6 Å². The monoisotopic (exact) mass is 252 g/mol. The molecule has 0 amide bonds. The zero-order valence-corrected chi connectivity index (χ0v) is 10.6. The second-order valence-electron chi connectivity index (χ2n) is 4.39. The molecular weight excluding hydrogens is 232 g/mol. The first-order valence-electron chi connectivity index (χ1n) is 6.25. The zero-order valence-electron chi connectivity index (χ0n) is 10.6. The fourth-order valence-corrected chi connectivity index (χ4v) is 2.09. The molecule has 0 fully saturated rings. The molecule has 1 aromatic heterocycles. The quantitative estimate of drug-likeness (QED) is 0.661. The van der Waals surface area contributed by atoms with Crippen molar-refractivity contribution in [2.45, 2.75) is 18.9 Å². The highest BCUT2D eigenvalue weighted by atomic mass is 16.5. The highest BCUT2D eigenvalue weighted by Gasteiger charge is 2.14. The zero-order chi connectivity index (χ0) is 12.8. The highest BCUT2D eigenvalue weighted by molar-refractivity contribution is 5.46. The Hall–Kier alpha value is -1.24. The minimum absolute atomic E-state index is 0.321. The molecule has 3 N–H and O–H groups in total. The van der Waals surface area contributed by atoms with Crippen LogP contribution in [0, 0.1) is 0 Å². The number of hydrogen-bond acceptors (Lipinski definition) is 6. The van der Waals surface area contributed by atoms with Gasteiger partial charge in [0.2, 0.25) is 0 Å². The average Bonchev–Trinajstić information content (AvgIpc) is 2.62. The Bertz CT molecular complexity index is 386. The molecule has 0 aromatic carbocycles.